The van der Waals surface area contributed by atoms with Crippen molar-refractivity contribution in [1.29, 1.82) is 0 Å². The van der Waals surface area contributed by atoms with E-state index in [2.05, 4.69) is 56.0 Å². The van der Waals surface area contributed by atoms with Gasteiger partial charge in [0.05, 0.1) is 0 Å². The van der Waals surface area contributed by atoms with Crippen LogP contribution in [-0.2, 0) is 5.41 Å². The lowest BCUT2D eigenvalue weighted by atomic mass is 9.81. The predicted molar refractivity (Wildman–Crippen MR) is 89.9 cm³/mol. The lowest BCUT2D eigenvalue weighted by Crippen LogP contribution is -2.30. The number of ketones is 1. The van der Waals surface area contributed by atoms with Crippen molar-refractivity contribution in [3.05, 3.63) is 34.4 Å². The Morgan fingerprint density at radius 3 is 1.95 bits per heavy atom. The van der Waals surface area contributed by atoms with Gasteiger partial charge < -0.3 is 0 Å². The normalized spacial score (nSPS) is 18.3. The molecule has 1 aromatic carbocycles. The molecule has 0 radical (unpaired) electrons. The maximum absolute atomic E-state index is 13.0. The maximum atomic E-state index is 13.0. The monoisotopic (exact) mass is 290 g/mol. The van der Waals surface area contributed by atoms with Gasteiger partial charge in [0.2, 0.25) is 0 Å². The Bertz CT molecular complexity index is 508. The highest BCUT2D eigenvalue weighted by Crippen LogP contribution is 2.41. The molecule has 2 rings (SSSR count). The molecule has 1 fully saturated rings. The van der Waals surface area contributed by atoms with E-state index in [9.17, 15) is 4.79 Å². The van der Waals surface area contributed by atoms with Gasteiger partial charge in [-0.15, -0.1) is 9.24 Å². The zero-order valence-electron chi connectivity index (χ0n) is 13.5. The number of hydrogen-bond acceptors (Lipinski definition) is 1. The second kappa shape index (κ2) is 5.26. The summed E-state index contributed by atoms with van der Waals surface area (Å²) in [7, 11) is 2.85. The fourth-order valence-corrected chi connectivity index (χ4v) is 3.79. The first-order chi connectivity index (χ1) is 9.15. The summed E-state index contributed by atoms with van der Waals surface area (Å²) < 4.78 is 0. The van der Waals surface area contributed by atoms with Gasteiger partial charge in [-0.1, -0.05) is 45.7 Å². The molecule has 0 spiro atoms. The van der Waals surface area contributed by atoms with E-state index in [1.54, 1.807) is 0 Å². The molecule has 1 atom stereocenters. The van der Waals surface area contributed by atoms with Crippen molar-refractivity contribution >= 4 is 15.0 Å². The van der Waals surface area contributed by atoms with Crippen LogP contribution in [0, 0.1) is 13.8 Å². The average Bonchev–Trinajstić information content (AvgIpc) is 2.75. The van der Waals surface area contributed by atoms with E-state index in [1.807, 2.05) is 0 Å². The van der Waals surface area contributed by atoms with Crippen LogP contribution in [0.5, 0.6) is 0 Å². The number of benzene rings is 1. The van der Waals surface area contributed by atoms with Crippen LogP contribution in [0.15, 0.2) is 12.1 Å². The SMILES string of the molecule is Cc1cc(C(C)(C)C)cc(C)c1C(=O)C1(P)CCCC1. The van der Waals surface area contributed by atoms with Gasteiger partial charge >= 0.3 is 0 Å². The van der Waals surface area contributed by atoms with Gasteiger partial charge in [0.1, 0.15) is 0 Å². The average molecular weight is 290 g/mol. The van der Waals surface area contributed by atoms with E-state index < -0.39 is 0 Å². The summed E-state index contributed by atoms with van der Waals surface area (Å²) in [5.41, 5.74) is 4.66. The van der Waals surface area contributed by atoms with E-state index >= 15 is 0 Å². The van der Waals surface area contributed by atoms with Gasteiger partial charge in [0.15, 0.2) is 5.78 Å². The Kier molecular flexibility index (Phi) is 4.13. The molecule has 1 aromatic rings. The van der Waals surface area contributed by atoms with E-state index in [-0.39, 0.29) is 10.6 Å². The highest BCUT2D eigenvalue weighted by molar-refractivity contribution is 7.21. The van der Waals surface area contributed by atoms with E-state index in [0.717, 1.165) is 29.5 Å². The number of rotatable bonds is 2. The molecule has 1 aliphatic carbocycles. The van der Waals surface area contributed by atoms with Crippen molar-refractivity contribution < 1.29 is 4.79 Å². The van der Waals surface area contributed by atoms with Crippen LogP contribution < -0.4 is 0 Å². The van der Waals surface area contributed by atoms with Gasteiger partial charge in [0.25, 0.3) is 0 Å². The van der Waals surface area contributed by atoms with Crippen molar-refractivity contribution in [2.45, 2.75) is 70.9 Å². The van der Waals surface area contributed by atoms with E-state index in [0.29, 0.717) is 5.78 Å². The molecule has 1 nitrogen and oxygen atoms in total. The minimum absolute atomic E-state index is 0.128. The molecule has 20 heavy (non-hydrogen) atoms. The first-order valence-corrected chi connectivity index (χ1v) is 8.18. The molecular formula is C18H27OP. The molecule has 2 heteroatoms. The lowest BCUT2D eigenvalue weighted by molar-refractivity contribution is 0.0943. The van der Waals surface area contributed by atoms with Gasteiger partial charge in [-0.3, -0.25) is 4.79 Å². The molecular weight excluding hydrogens is 263 g/mol. The van der Waals surface area contributed by atoms with Crippen LogP contribution in [0.1, 0.15) is 73.5 Å². The van der Waals surface area contributed by atoms with Crippen molar-refractivity contribution in [3.8, 4) is 0 Å². The third-order valence-electron chi connectivity index (χ3n) is 4.57. The molecule has 1 aliphatic rings. The molecule has 1 unspecified atom stereocenters. The van der Waals surface area contributed by atoms with Gasteiger partial charge in [0, 0.05) is 10.7 Å². The quantitative estimate of drug-likeness (QED) is 0.555. The smallest absolute Gasteiger partial charge is 0.173 e. The van der Waals surface area contributed by atoms with Crippen molar-refractivity contribution in [1.82, 2.24) is 0 Å². The Balaban J connectivity index is 2.46. The molecule has 0 aliphatic heterocycles. The molecule has 1 saturated carbocycles. The van der Waals surface area contributed by atoms with E-state index in [4.69, 9.17) is 0 Å². The van der Waals surface area contributed by atoms with Gasteiger partial charge in [-0.25, -0.2) is 0 Å². The first kappa shape index (κ1) is 15.7. The molecule has 0 amide bonds. The van der Waals surface area contributed by atoms with Crippen LogP contribution in [0.4, 0.5) is 0 Å². The van der Waals surface area contributed by atoms with Gasteiger partial charge in [-0.2, -0.15) is 0 Å². The van der Waals surface area contributed by atoms with Gasteiger partial charge in [-0.05, 0) is 48.8 Å². The fourth-order valence-electron chi connectivity index (χ4n) is 3.24. The zero-order valence-corrected chi connectivity index (χ0v) is 14.6. The Labute approximate surface area is 125 Å². The zero-order chi connectivity index (χ0) is 15.1. The second-order valence-corrected chi connectivity index (χ2v) is 8.53. The van der Waals surface area contributed by atoms with Crippen LogP contribution in [-0.4, -0.2) is 10.9 Å². The number of carbonyl (C=O) groups is 1. The molecule has 0 bridgehead atoms. The molecule has 0 heterocycles. The summed E-state index contributed by atoms with van der Waals surface area (Å²) in [6.07, 6.45) is 4.37. The maximum Gasteiger partial charge on any atom is 0.173 e. The standard InChI is InChI=1S/C18H27OP/c1-12-10-14(17(3,4)5)11-13(2)15(12)16(19)18(20)8-6-7-9-18/h10-11H,6-9,20H2,1-5H3. The summed E-state index contributed by atoms with van der Waals surface area (Å²) >= 11 is 0. The summed E-state index contributed by atoms with van der Waals surface area (Å²) in [5.74, 6) is 0.329. The minimum Gasteiger partial charge on any atom is -0.293 e. The summed E-state index contributed by atoms with van der Waals surface area (Å²) in [4.78, 5) is 13.0. The summed E-state index contributed by atoms with van der Waals surface area (Å²) in [6.45, 7) is 10.8. The fraction of sp³-hybridized carbons (Fsp3) is 0.611. The van der Waals surface area contributed by atoms with Crippen LogP contribution in [0.2, 0.25) is 0 Å². The first-order valence-electron chi connectivity index (χ1n) is 7.60. The minimum atomic E-state index is -0.210. The Hall–Kier alpha value is -0.680. The second-order valence-electron chi connectivity index (χ2n) is 7.43. The lowest BCUT2D eigenvalue weighted by Gasteiger charge is -2.26. The molecule has 0 N–H and O–H groups in total. The summed E-state index contributed by atoms with van der Waals surface area (Å²) in [5, 5.41) is -0.210. The summed E-state index contributed by atoms with van der Waals surface area (Å²) in [6, 6.07) is 4.40. The highest BCUT2D eigenvalue weighted by atomic mass is 31.0. The number of Topliss-reactive ketones (excluding diaryl/α,β-unsaturated/α-hetero) is 1. The number of aryl methyl sites for hydroxylation is 2. The highest BCUT2D eigenvalue weighted by Gasteiger charge is 2.38. The largest absolute Gasteiger partial charge is 0.293 e. The van der Waals surface area contributed by atoms with Crippen molar-refractivity contribution in [3.63, 3.8) is 0 Å². The van der Waals surface area contributed by atoms with E-state index in [1.165, 1.54) is 18.4 Å². The van der Waals surface area contributed by atoms with Crippen LogP contribution in [0.25, 0.3) is 0 Å². The third kappa shape index (κ3) is 2.84. The Morgan fingerprint density at radius 2 is 1.55 bits per heavy atom. The van der Waals surface area contributed by atoms with Crippen molar-refractivity contribution in [2.75, 3.05) is 0 Å². The topological polar surface area (TPSA) is 17.1 Å². The third-order valence-corrected chi connectivity index (χ3v) is 5.41. The Morgan fingerprint density at radius 1 is 1.10 bits per heavy atom. The van der Waals surface area contributed by atoms with Crippen molar-refractivity contribution in [2.24, 2.45) is 0 Å². The molecule has 0 aromatic heterocycles. The molecule has 0 saturated heterocycles. The van der Waals surface area contributed by atoms with Crippen LogP contribution in [0.3, 0.4) is 0 Å². The predicted octanol–water partition coefficient (Wildman–Crippen LogP) is 4.97. The van der Waals surface area contributed by atoms with Crippen LogP contribution >= 0.6 is 9.24 Å². The number of carbonyl (C=O) groups excluding carboxylic acids is 1. The molecule has 110 valence electrons. The number of hydrogen-bond donors (Lipinski definition) is 0.